The predicted molar refractivity (Wildman–Crippen MR) is 104 cm³/mol. The Hall–Kier alpha value is -3.15. The van der Waals surface area contributed by atoms with Crippen LogP contribution in [0, 0.1) is 5.92 Å². The van der Waals surface area contributed by atoms with Gasteiger partial charge < -0.3 is 15.4 Å². The number of anilines is 1. The maximum absolute atomic E-state index is 12.6. The van der Waals surface area contributed by atoms with Gasteiger partial charge in [0.05, 0.1) is 11.6 Å². The molecule has 2 aromatic rings. The van der Waals surface area contributed by atoms with Crippen LogP contribution in [0.25, 0.3) is 0 Å². The Bertz CT molecular complexity index is 918. The average molecular weight is 378 g/mol. The highest BCUT2D eigenvalue weighted by Gasteiger charge is 2.32. The van der Waals surface area contributed by atoms with Crippen molar-refractivity contribution in [1.29, 1.82) is 0 Å². The molecule has 0 aromatic heterocycles. The molecule has 1 fully saturated rings. The molecular formula is C22H22N2O4. The summed E-state index contributed by atoms with van der Waals surface area (Å²) in [4.78, 5) is 36.5. The molecule has 28 heavy (non-hydrogen) atoms. The normalized spacial score (nSPS) is 19.2. The highest BCUT2D eigenvalue weighted by atomic mass is 16.5. The van der Waals surface area contributed by atoms with Crippen LogP contribution in [0.3, 0.4) is 0 Å². The molecule has 4 rings (SSSR count). The van der Waals surface area contributed by atoms with Crippen molar-refractivity contribution in [2.24, 2.45) is 5.92 Å². The molecule has 2 N–H and O–H groups in total. The zero-order chi connectivity index (χ0) is 19.7. The maximum atomic E-state index is 12.6. The SMILES string of the molecule is CC(NC(=O)C1Cc2ccccc2C(=O)O1)c1ccc(NC(=O)C2CC2)cc1. The third kappa shape index (κ3) is 3.91. The molecule has 1 saturated carbocycles. The van der Waals surface area contributed by atoms with Crippen molar-refractivity contribution >= 4 is 23.5 Å². The molecule has 2 atom stereocenters. The molecule has 2 unspecified atom stereocenters. The van der Waals surface area contributed by atoms with Crippen molar-refractivity contribution in [2.75, 3.05) is 5.32 Å². The highest BCUT2D eigenvalue weighted by molar-refractivity contribution is 5.96. The van der Waals surface area contributed by atoms with E-state index in [9.17, 15) is 14.4 Å². The molecule has 2 aromatic carbocycles. The summed E-state index contributed by atoms with van der Waals surface area (Å²) in [6, 6.07) is 14.3. The number of carbonyl (C=O) groups is 3. The van der Waals surface area contributed by atoms with Crippen LogP contribution in [0.2, 0.25) is 0 Å². The van der Waals surface area contributed by atoms with Crippen molar-refractivity contribution in [3.8, 4) is 0 Å². The molecule has 0 bridgehead atoms. The van der Waals surface area contributed by atoms with E-state index >= 15 is 0 Å². The number of rotatable bonds is 5. The summed E-state index contributed by atoms with van der Waals surface area (Å²) in [5.74, 6) is -0.568. The van der Waals surface area contributed by atoms with Gasteiger partial charge in [0.25, 0.3) is 5.91 Å². The molecule has 1 aliphatic heterocycles. The van der Waals surface area contributed by atoms with Crippen LogP contribution in [0.15, 0.2) is 48.5 Å². The molecule has 0 saturated heterocycles. The van der Waals surface area contributed by atoms with Crippen LogP contribution < -0.4 is 10.6 Å². The molecule has 0 radical (unpaired) electrons. The van der Waals surface area contributed by atoms with E-state index in [-0.39, 0.29) is 23.8 Å². The summed E-state index contributed by atoms with van der Waals surface area (Å²) in [5.41, 5.74) is 2.99. The molecule has 0 spiro atoms. The first-order valence-electron chi connectivity index (χ1n) is 9.51. The van der Waals surface area contributed by atoms with Crippen molar-refractivity contribution in [1.82, 2.24) is 5.32 Å². The van der Waals surface area contributed by atoms with Gasteiger partial charge in [0.1, 0.15) is 0 Å². The summed E-state index contributed by atoms with van der Waals surface area (Å²) >= 11 is 0. The van der Waals surface area contributed by atoms with Gasteiger partial charge in [0, 0.05) is 18.0 Å². The largest absolute Gasteiger partial charge is 0.448 e. The summed E-state index contributed by atoms with van der Waals surface area (Å²) < 4.78 is 5.30. The van der Waals surface area contributed by atoms with Gasteiger partial charge >= 0.3 is 5.97 Å². The van der Waals surface area contributed by atoms with E-state index in [0.717, 1.165) is 29.7 Å². The second kappa shape index (κ2) is 7.46. The molecule has 1 heterocycles. The number of cyclic esters (lactones) is 1. The minimum atomic E-state index is -0.832. The van der Waals surface area contributed by atoms with Crippen molar-refractivity contribution < 1.29 is 19.1 Å². The van der Waals surface area contributed by atoms with E-state index in [0.29, 0.717) is 12.0 Å². The maximum Gasteiger partial charge on any atom is 0.339 e. The minimum absolute atomic E-state index is 0.0634. The smallest absolute Gasteiger partial charge is 0.339 e. The fraction of sp³-hybridized carbons (Fsp3) is 0.318. The first-order chi connectivity index (χ1) is 13.5. The summed E-state index contributed by atoms with van der Waals surface area (Å²) in [6.45, 7) is 1.87. The third-order valence-electron chi connectivity index (χ3n) is 5.17. The first-order valence-corrected chi connectivity index (χ1v) is 9.51. The molecule has 6 nitrogen and oxygen atoms in total. The molecule has 144 valence electrons. The second-order valence-electron chi connectivity index (χ2n) is 7.37. The van der Waals surface area contributed by atoms with E-state index in [4.69, 9.17) is 4.74 Å². The number of hydrogen-bond donors (Lipinski definition) is 2. The average Bonchev–Trinajstić information content (AvgIpc) is 3.54. The van der Waals surface area contributed by atoms with Crippen molar-refractivity contribution in [3.63, 3.8) is 0 Å². The Morgan fingerprint density at radius 1 is 1.04 bits per heavy atom. The molecule has 2 aliphatic rings. The summed E-state index contributed by atoms with van der Waals surface area (Å²) in [5, 5.41) is 5.80. The van der Waals surface area contributed by atoms with Gasteiger partial charge in [-0.3, -0.25) is 9.59 Å². The van der Waals surface area contributed by atoms with Crippen LogP contribution in [0.5, 0.6) is 0 Å². The lowest BCUT2D eigenvalue weighted by atomic mass is 9.98. The van der Waals surface area contributed by atoms with Crippen LogP contribution >= 0.6 is 0 Å². The lowest BCUT2D eigenvalue weighted by molar-refractivity contribution is -0.131. The van der Waals surface area contributed by atoms with Crippen LogP contribution in [-0.4, -0.2) is 23.9 Å². The van der Waals surface area contributed by atoms with E-state index in [1.54, 1.807) is 12.1 Å². The number of esters is 1. The summed E-state index contributed by atoms with van der Waals surface area (Å²) in [7, 11) is 0. The first kappa shape index (κ1) is 18.2. The van der Waals surface area contributed by atoms with Crippen LogP contribution in [0.1, 0.15) is 47.3 Å². The molecule has 2 amide bonds. The van der Waals surface area contributed by atoms with Crippen LogP contribution in [0.4, 0.5) is 5.69 Å². The van der Waals surface area contributed by atoms with Gasteiger partial charge in [-0.05, 0) is 49.1 Å². The van der Waals surface area contributed by atoms with Gasteiger partial charge in [0.15, 0.2) is 6.10 Å². The van der Waals surface area contributed by atoms with E-state index < -0.39 is 12.1 Å². The van der Waals surface area contributed by atoms with Gasteiger partial charge in [-0.1, -0.05) is 30.3 Å². The number of nitrogens with one attached hydrogen (secondary N) is 2. The van der Waals surface area contributed by atoms with Gasteiger partial charge in [0.2, 0.25) is 5.91 Å². The standard InChI is InChI=1S/C22H22N2O4/c1-13(14-8-10-17(11-9-14)24-20(25)15-6-7-15)23-21(26)19-12-16-4-2-3-5-18(16)22(27)28-19/h2-5,8-11,13,15,19H,6-7,12H2,1H3,(H,23,26)(H,24,25). The number of hydrogen-bond acceptors (Lipinski definition) is 4. The van der Waals surface area contributed by atoms with E-state index in [1.165, 1.54) is 0 Å². The quantitative estimate of drug-likeness (QED) is 0.784. The number of fused-ring (bicyclic) bond motifs is 1. The lowest BCUT2D eigenvalue weighted by Gasteiger charge is -2.25. The van der Waals surface area contributed by atoms with Crippen molar-refractivity contribution in [3.05, 3.63) is 65.2 Å². The Morgan fingerprint density at radius 2 is 1.75 bits per heavy atom. The fourth-order valence-corrected chi connectivity index (χ4v) is 3.31. The molecule has 6 heteroatoms. The number of amides is 2. The Labute approximate surface area is 163 Å². The topological polar surface area (TPSA) is 84.5 Å². The fourth-order valence-electron chi connectivity index (χ4n) is 3.31. The Morgan fingerprint density at radius 3 is 2.46 bits per heavy atom. The van der Waals surface area contributed by atoms with Crippen LogP contribution in [-0.2, 0) is 20.7 Å². The molecular weight excluding hydrogens is 356 g/mol. The monoisotopic (exact) mass is 378 g/mol. The van der Waals surface area contributed by atoms with E-state index in [2.05, 4.69) is 10.6 Å². The van der Waals surface area contributed by atoms with Gasteiger partial charge in [-0.15, -0.1) is 0 Å². The minimum Gasteiger partial charge on any atom is -0.448 e. The number of carbonyl (C=O) groups excluding carboxylic acids is 3. The zero-order valence-electron chi connectivity index (χ0n) is 15.6. The van der Waals surface area contributed by atoms with Gasteiger partial charge in [-0.25, -0.2) is 4.79 Å². The zero-order valence-corrected chi connectivity index (χ0v) is 15.6. The Balaban J connectivity index is 1.36. The second-order valence-corrected chi connectivity index (χ2v) is 7.37. The number of benzene rings is 2. The van der Waals surface area contributed by atoms with E-state index in [1.807, 2.05) is 43.3 Å². The van der Waals surface area contributed by atoms with Gasteiger partial charge in [-0.2, -0.15) is 0 Å². The molecule has 1 aliphatic carbocycles. The highest BCUT2D eigenvalue weighted by Crippen LogP contribution is 2.30. The predicted octanol–water partition coefficient (Wildman–Crippen LogP) is 2.99. The third-order valence-corrected chi connectivity index (χ3v) is 5.17. The summed E-state index contributed by atoms with van der Waals surface area (Å²) in [6.07, 6.45) is 1.46. The van der Waals surface area contributed by atoms with Crippen molar-refractivity contribution in [2.45, 2.75) is 38.3 Å². The number of ether oxygens (including phenoxy) is 1. The Kier molecular flexibility index (Phi) is 4.86. The lowest BCUT2D eigenvalue weighted by Crippen LogP contribution is -2.42.